The number of nitrogens with zero attached hydrogens (tertiary/aromatic N) is 1. The van der Waals surface area contributed by atoms with Gasteiger partial charge in [0.15, 0.2) is 0 Å². The summed E-state index contributed by atoms with van der Waals surface area (Å²) in [6.07, 6.45) is 12.9. The van der Waals surface area contributed by atoms with Crippen molar-refractivity contribution in [2.75, 3.05) is 13.7 Å². The summed E-state index contributed by atoms with van der Waals surface area (Å²) in [6.45, 7) is 2.16. The second-order valence-corrected chi connectivity index (χ2v) is 6.89. The third-order valence-corrected chi connectivity index (χ3v) is 4.49. The number of ether oxygens (including phenoxy) is 1. The summed E-state index contributed by atoms with van der Waals surface area (Å²) in [6, 6.07) is 7.37. The molecule has 6 heteroatoms. The van der Waals surface area contributed by atoms with Crippen molar-refractivity contribution in [2.24, 2.45) is 5.10 Å². The Morgan fingerprint density at radius 1 is 0.964 bits per heavy atom. The van der Waals surface area contributed by atoms with E-state index in [0.717, 1.165) is 18.4 Å². The summed E-state index contributed by atoms with van der Waals surface area (Å²) >= 11 is 0. The topological polar surface area (TPSA) is 79.8 Å². The van der Waals surface area contributed by atoms with Gasteiger partial charge in [0, 0.05) is 12.0 Å². The number of rotatable bonds is 15. The molecule has 1 aromatic rings. The molecule has 0 spiro atoms. The normalized spacial score (nSPS) is 10.8. The van der Waals surface area contributed by atoms with Crippen LogP contribution in [0.5, 0.6) is 5.75 Å². The summed E-state index contributed by atoms with van der Waals surface area (Å²) in [5, 5.41) is 6.52. The van der Waals surface area contributed by atoms with Crippen LogP contribution in [0.3, 0.4) is 0 Å². The fourth-order valence-corrected chi connectivity index (χ4v) is 2.85. The van der Waals surface area contributed by atoms with Gasteiger partial charge < -0.3 is 10.1 Å². The maximum Gasteiger partial charge on any atom is 0.259 e. The molecule has 0 fully saturated rings. The Hall–Kier alpha value is -2.37. The van der Waals surface area contributed by atoms with Gasteiger partial charge in [-0.1, -0.05) is 70.4 Å². The summed E-state index contributed by atoms with van der Waals surface area (Å²) in [5.41, 5.74) is 3.17. The number of hydrazone groups is 1. The molecule has 2 amide bonds. The Labute approximate surface area is 169 Å². The lowest BCUT2D eigenvalue weighted by molar-refractivity contribution is -0.126. The molecule has 0 aliphatic carbocycles. The van der Waals surface area contributed by atoms with E-state index in [1.54, 1.807) is 7.11 Å². The Balaban J connectivity index is 2.07. The number of benzene rings is 1. The molecule has 0 bridgehead atoms. The maximum atomic E-state index is 11.8. The number of unbranched alkanes of at least 4 members (excludes halogenated alkanes) is 8. The Morgan fingerprint density at radius 2 is 1.61 bits per heavy atom. The van der Waals surface area contributed by atoms with Gasteiger partial charge in [0.2, 0.25) is 5.91 Å². The number of amides is 2. The average molecular weight is 390 g/mol. The Kier molecular flexibility index (Phi) is 13.2. The van der Waals surface area contributed by atoms with Crippen LogP contribution in [-0.4, -0.2) is 31.7 Å². The van der Waals surface area contributed by atoms with E-state index >= 15 is 0 Å². The number of carbonyl (C=O) groups is 2. The SMILES string of the molecule is CCCCCCCCCCCC(=O)NCC(=O)N/N=C\c1ccccc1OC. The molecule has 0 atom stereocenters. The summed E-state index contributed by atoms with van der Waals surface area (Å²) in [4.78, 5) is 23.5. The minimum Gasteiger partial charge on any atom is -0.496 e. The second-order valence-electron chi connectivity index (χ2n) is 6.89. The number of hydrogen-bond acceptors (Lipinski definition) is 4. The second kappa shape index (κ2) is 15.7. The molecule has 0 saturated carbocycles. The predicted molar refractivity (Wildman–Crippen MR) is 114 cm³/mol. The standard InChI is InChI=1S/C22H35N3O3/c1-3-4-5-6-7-8-9-10-11-16-21(26)23-18-22(27)25-24-17-19-14-12-13-15-20(19)28-2/h12-15,17H,3-11,16,18H2,1-2H3,(H,23,26)(H,25,27)/b24-17-. The van der Waals surface area contributed by atoms with E-state index in [2.05, 4.69) is 22.8 Å². The lowest BCUT2D eigenvalue weighted by Gasteiger charge is -2.05. The summed E-state index contributed by atoms with van der Waals surface area (Å²) in [5.74, 6) is 0.230. The minimum atomic E-state index is -0.355. The highest BCUT2D eigenvalue weighted by Crippen LogP contribution is 2.14. The molecule has 28 heavy (non-hydrogen) atoms. The molecule has 0 unspecified atom stereocenters. The molecule has 0 aliphatic rings. The van der Waals surface area contributed by atoms with E-state index in [0.29, 0.717) is 12.2 Å². The van der Waals surface area contributed by atoms with Gasteiger partial charge in [0.05, 0.1) is 19.9 Å². The first-order valence-electron chi connectivity index (χ1n) is 10.4. The van der Waals surface area contributed by atoms with Crippen molar-refractivity contribution < 1.29 is 14.3 Å². The van der Waals surface area contributed by atoms with Gasteiger partial charge in [-0.3, -0.25) is 9.59 Å². The fourth-order valence-electron chi connectivity index (χ4n) is 2.85. The van der Waals surface area contributed by atoms with Crippen molar-refractivity contribution >= 4 is 18.0 Å². The van der Waals surface area contributed by atoms with Gasteiger partial charge >= 0.3 is 0 Å². The maximum absolute atomic E-state index is 11.8. The highest BCUT2D eigenvalue weighted by molar-refractivity contribution is 5.87. The van der Waals surface area contributed by atoms with Crippen LogP contribution < -0.4 is 15.5 Å². The molecule has 2 N–H and O–H groups in total. The average Bonchev–Trinajstić information content (AvgIpc) is 2.71. The minimum absolute atomic E-state index is 0.0699. The van der Waals surface area contributed by atoms with Gasteiger partial charge in [-0.25, -0.2) is 5.43 Å². The van der Waals surface area contributed by atoms with Crippen LogP contribution in [-0.2, 0) is 9.59 Å². The van der Waals surface area contributed by atoms with E-state index in [-0.39, 0.29) is 18.4 Å². The molecule has 0 heterocycles. The highest BCUT2D eigenvalue weighted by Gasteiger charge is 2.05. The molecular weight excluding hydrogens is 354 g/mol. The van der Waals surface area contributed by atoms with Gasteiger partial charge in [0.25, 0.3) is 5.91 Å². The molecule has 0 radical (unpaired) electrons. The number of nitrogens with one attached hydrogen (secondary N) is 2. The van der Waals surface area contributed by atoms with Crippen molar-refractivity contribution in [2.45, 2.75) is 71.1 Å². The first-order valence-corrected chi connectivity index (χ1v) is 10.4. The van der Waals surface area contributed by atoms with E-state index < -0.39 is 0 Å². The van der Waals surface area contributed by atoms with Crippen LogP contribution in [0.2, 0.25) is 0 Å². The zero-order valence-electron chi connectivity index (χ0n) is 17.3. The largest absolute Gasteiger partial charge is 0.496 e. The molecule has 1 aromatic carbocycles. The Bertz CT molecular complexity index is 602. The fraction of sp³-hybridized carbons (Fsp3) is 0.591. The van der Waals surface area contributed by atoms with Crippen molar-refractivity contribution in [3.63, 3.8) is 0 Å². The molecule has 0 aromatic heterocycles. The monoisotopic (exact) mass is 389 g/mol. The van der Waals surface area contributed by atoms with E-state index in [1.807, 2.05) is 24.3 Å². The van der Waals surface area contributed by atoms with Gasteiger partial charge in [-0.05, 0) is 18.6 Å². The van der Waals surface area contributed by atoms with Crippen LogP contribution in [0.15, 0.2) is 29.4 Å². The van der Waals surface area contributed by atoms with Gasteiger partial charge in [-0.2, -0.15) is 5.10 Å². The smallest absolute Gasteiger partial charge is 0.259 e. The van der Waals surface area contributed by atoms with Gasteiger partial charge in [-0.15, -0.1) is 0 Å². The molecule has 6 nitrogen and oxygen atoms in total. The van der Waals surface area contributed by atoms with Crippen LogP contribution in [0.25, 0.3) is 0 Å². The molecule has 0 saturated heterocycles. The number of para-hydroxylation sites is 1. The third kappa shape index (κ3) is 11.4. The van der Waals surface area contributed by atoms with E-state index in [9.17, 15) is 9.59 Å². The van der Waals surface area contributed by atoms with E-state index in [1.165, 1.54) is 51.2 Å². The zero-order chi connectivity index (χ0) is 20.5. The number of carbonyl (C=O) groups excluding carboxylic acids is 2. The predicted octanol–water partition coefficient (Wildman–Crippen LogP) is 4.18. The van der Waals surface area contributed by atoms with E-state index in [4.69, 9.17) is 4.74 Å². The van der Waals surface area contributed by atoms with Crippen LogP contribution in [0.1, 0.15) is 76.7 Å². The first-order chi connectivity index (χ1) is 13.7. The van der Waals surface area contributed by atoms with Crippen LogP contribution in [0.4, 0.5) is 0 Å². The molecule has 156 valence electrons. The molecule has 1 rings (SSSR count). The lowest BCUT2D eigenvalue weighted by Crippen LogP contribution is -2.34. The Morgan fingerprint density at radius 3 is 2.29 bits per heavy atom. The number of methoxy groups -OCH3 is 1. The highest BCUT2D eigenvalue weighted by atomic mass is 16.5. The number of hydrogen-bond donors (Lipinski definition) is 2. The van der Waals surface area contributed by atoms with Gasteiger partial charge in [0.1, 0.15) is 5.75 Å². The third-order valence-electron chi connectivity index (χ3n) is 4.49. The van der Waals surface area contributed by atoms with Crippen molar-refractivity contribution in [1.29, 1.82) is 0 Å². The summed E-state index contributed by atoms with van der Waals surface area (Å²) < 4.78 is 5.20. The zero-order valence-corrected chi connectivity index (χ0v) is 17.3. The van der Waals surface area contributed by atoms with Crippen LogP contribution in [0, 0.1) is 0 Å². The summed E-state index contributed by atoms with van der Waals surface area (Å²) in [7, 11) is 1.58. The van der Waals surface area contributed by atoms with Crippen molar-refractivity contribution in [3.8, 4) is 5.75 Å². The molecular formula is C22H35N3O3. The molecule has 0 aliphatic heterocycles. The van der Waals surface area contributed by atoms with Crippen molar-refractivity contribution in [1.82, 2.24) is 10.7 Å². The first kappa shape index (κ1) is 23.7. The van der Waals surface area contributed by atoms with Crippen LogP contribution >= 0.6 is 0 Å². The lowest BCUT2D eigenvalue weighted by atomic mass is 10.1. The quantitative estimate of drug-likeness (QED) is 0.268. The van der Waals surface area contributed by atoms with Crippen molar-refractivity contribution in [3.05, 3.63) is 29.8 Å².